The predicted molar refractivity (Wildman–Crippen MR) is 68.8 cm³/mol. The maximum Gasteiger partial charge on any atom is 0.254 e. The topological polar surface area (TPSA) is 20.3 Å². The number of hydrogen-bond acceptors (Lipinski definition) is 1. The molecule has 15 heavy (non-hydrogen) atoms. The Bertz CT molecular complexity index is 378. The van der Waals surface area contributed by atoms with Crippen LogP contribution in [-0.4, -0.2) is 23.9 Å². The standard InChI is InChI=1S/C12H14INO/c1-9-6-7-14(8-9)12(15)10-4-2-3-5-11(10)13/h2-5,9H,6-8H2,1H3. The predicted octanol–water partition coefficient (Wildman–Crippen LogP) is 2.77. The molecule has 1 heterocycles. The first-order valence-electron chi connectivity index (χ1n) is 5.22. The van der Waals surface area contributed by atoms with Crippen LogP contribution in [0.2, 0.25) is 0 Å². The number of hydrogen-bond donors (Lipinski definition) is 0. The summed E-state index contributed by atoms with van der Waals surface area (Å²) in [7, 11) is 0. The zero-order valence-corrected chi connectivity index (χ0v) is 10.9. The number of rotatable bonds is 1. The third-order valence-electron chi connectivity index (χ3n) is 2.82. The average Bonchev–Trinajstić information content (AvgIpc) is 2.65. The first-order chi connectivity index (χ1) is 7.18. The van der Waals surface area contributed by atoms with Crippen molar-refractivity contribution in [2.75, 3.05) is 13.1 Å². The summed E-state index contributed by atoms with van der Waals surface area (Å²) >= 11 is 2.22. The molecule has 0 saturated carbocycles. The number of carbonyl (C=O) groups is 1. The summed E-state index contributed by atoms with van der Waals surface area (Å²) in [6, 6.07) is 7.78. The van der Waals surface area contributed by atoms with E-state index in [1.165, 1.54) is 0 Å². The molecular formula is C12H14INO. The quantitative estimate of drug-likeness (QED) is 0.730. The van der Waals surface area contributed by atoms with Crippen molar-refractivity contribution in [1.82, 2.24) is 4.90 Å². The molecule has 1 saturated heterocycles. The Hall–Kier alpha value is -0.580. The number of halogens is 1. The summed E-state index contributed by atoms with van der Waals surface area (Å²) in [6.45, 7) is 4.01. The Labute approximate surface area is 104 Å². The molecule has 1 atom stereocenters. The van der Waals surface area contributed by atoms with E-state index in [0.717, 1.165) is 28.6 Å². The lowest BCUT2D eigenvalue weighted by atomic mass is 10.2. The van der Waals surface area contributed by atoms with Gasteiger partial charge in [-0.25, -0.2) is 0 Å². The summed E-state index contributed by atoms with van der Waals surface area (Å²) in [5, 5.41) is 0. The van der Waals surface area contributed by atoms with E-state index in [-0.39, 0.29) is 5.91 Å². The normalized spacial score (nSPS) is 20.7. The lowest BCUT2D eigenvalue weighted by Crippen LogP contribution is -2.29. The minimum Gasteiger partial charge on any atom is -0.338 e. The maximum atomic E-state index is 12.1. The van der Waals surface area contributed by atoms with Gasteiger partial charge in [0.25, 0.3) is 5.91 Å². The first kappa shape index (κ1) is 10.9. The van der Waals surface area contributed by atoms with Crippen LogP contribution in [0.3, 0.4) is 0 Å². The van der Waals surface area contributed by atoms with Gasteiger partial charge in [0.1, 0.15) is 0 Å². The summed E-state index contributed by atoms with van der Waals surface area (Å²) in [5.74, 6) is 0.833. The molecule has 1 aromatic carbocycles. The van der Waals surface area contributed by atoms with Gasteiger partial charge >= 0.3 is 0 Å². The van der Waals surface area contributed by atoms with E-state index in [9.17, 15) is 4.79 Å². The molecule has 1 aromatic rings. The second-order valence-electron chi connectivity index (χ2n) is 4.12. The molecule has 0 spiro atoms. The van der Waals surface area contributed by atoms with Crippen LogP contribution in [0.5, 0.6) is 0 Å². The molecule has 1 amide bonds. The molecule has 1 aliphatic rings. The van der Waals surface area contributed by atoms with Crippen molar-refractivity contribution in [3.8, 4) is 0 Å². The van der Waals surface area contributed by atoms with E-state index in [4.69, 9.17) is 0 Å². The van der Waals surface area contributed by atoms with Gasteiger partial charge < -0.3 is 4.90 Å². The maximum absolute atomic E-state index is 12.1. The van der Waals surface area contributed by atoms with Crippen molar-refractivity contribution in [1.29, 1.82) is 0 Å². The summed E-state index contributed by atoms with van der Waals surface area (Å²) in [4.78, 5) is 14.1. The Morgan fingerprint density at radius 1 is 1.47 bits per heavy atom. The second-order valence-corrected chi connectivity index (χ2v) is 5.29. The highest BCUT2D eigenvalue weighted by molar-refractivity contribution is 14.1. The van der Waals surface area contributed by atoms with Crippen LogP contribution in [0.4, 0.5) is 0 Å². The first-order valence-corrected chi connectivity index (χ1v) is 6.30. The van der Waals surface area contributed by atoms with E-state index in [1.807, 2.05) is 29.2 Å². The highest BCUT2D eigenvalue weighted by Crippen LogP contribution is 2.20. The van der Waals surface area contributed by atoms with Gasteiger partial charge in [0.15, 0.2) is 0 Å². The van der Waals surface area contributed by atoms with Gasteiger partial charge in [0.05, 0.1) is 5.56 Å². The zero-order chi connectivity index (χ0) is 10.8. The fourth-order valence-electron chi connectivity index (χ4n) is 1.92. The number of carbonyl (C=O) groups excluding carboxylic acids is 1. The third-order valence-corrected chi connectivity index (χ3v) is 3.76. The monoisotopic (exact) mass is 315 g/mol. The number of likely N-dealkylation sites (tertiary alicyclic amines) is 1. The molecule has 0 bridgehead atoms. The van der Waals surface area contributed by atoms with Crippen molar-refractivity contribution in [2.45, 2.75) is 13.3 Å². The van der Waals surface area contributed by atoms with E-state index in [2.05, 4.69) is 29.5 Å². The minimum absolute atomic E-state index is 0.185. The molecule has 0 aromatic heterocycles. The van der Waals surface area contributed by atoms with Crippen LogP contribution in [0.15, 0.2) is 24.3 Å². The highest BCUT2D eigenvalue weighted by atomic mass is 127. The van der Waals surface area contributed by atoms with Gasteiger partial charge in [-0.1, -0.05) is 19.1 Å². The van der Waals surface area contributed by atoms with E-state index >= 15 is 0 Å². The highest BCUT2D eigenvalue weighted by Gasteiger charge is 2.24. The summed E-state index contributed by atoms with van der Waals surface area (Å²) in [5.41, 5.74) is 0.840. The largest absolute Gasteiger partial charge is 0.338 e. The summed E-state index contributed by atoms with van der Waals surface area (Å²) < 4.78 is 1.04. The molecule has 0 N–H and O–H groups in total. The van der Waals surface area contributed by atoms with Crippen LogP contribution in [-0.2, 0) is 0 Å². The fraction of sp³-hybridized carbons (Fsp3) is 0.417. The molecule has 0 aliphatic carbocycles. The number of benzene rings is 1. The molecule has 1 fully saturated rings. The Balaban J connectivity index is 2.18. The lowest BCUT2D eigenvalue weighted by molar-refractivity contribution is 0.0787. The van der Waals surface area contributed by atoms with Gasteiger partial charge in [-0.2, -0.15) is 0 Å². The zero-order valence-electron chi connectivity index (χ0n) is 8.74. The lowest BCUT2D eigenvalue weighted by Gasteiger charge is -2.16. The molecule has 0 radical (unpaired) electrons. The van der Waals surface area contributed by atoms with Crippen molar-refractivity contribution >= 4 is 28.5 Å². The van der Waals surface area contributed by atoms with Crippen molar-refractivity contribution in [3.05, 3.63) is 33.4 Å². The van der Waals surface area contributed by atoms with Crippen LogP contribution in [0.25, 0.3) is 0 Å². The molecule has 2 nitrogen and oxygen atoms in total. The third kappa shape index (κ3) is 2.33. The SMILES string of the molecule is CC1CCN(C(=O)c2ccccc2I)C1. The summed E-state index contributed by atoms with van der Waals surface area (Å²) in [6.07, 6.45) is 1.13. The molecule has 2 rings (SSSR count). The number of amides is 1. The van der Waals surface area contributed by atoms with E-state index in [0.29, 0.717) is 5.92 Å². The molecule has 3 heteroatoms. The fourth-order valence-corrected chi connectivity index (χ4v) is 2.54. The van der Waals surface area contributed by atoms with Crippen LogP contribution in [0.1, 0.15) is 23.7 Å². The molecule has 1 unspecified atom stereocenters. The second kappa shape index (κ2) is 4.51. The van der Waals surface area contributed by atoms with Gasteiger partial charge in [-0.05, 0) is 47.1 Å². The Morgan fingerprint density at radius 2 is 2.20 bits per heavy atom. The van der Waals surface area contributed by atoms with Gasteiger partial charge in [0, 0.05) is 16.7 Å². The van der Waals surface area contributed by atoms with Crippen LogP contribution >= 0.6 is 22.6 Å². The Morgan fingerprint density at radius 3 is 2.80 bits per heavy atom. The van der Waals surface area contributed by atoms with Gasteiger partial charge in [-0.15, -0.1) is 0 Å². The minimum atomic E-state index is 0.185. The van der Waals surface area contributed by atoms with E-state index < -0.39 is 0 Å². The van der Waals surface area contributed by atoms with Crippen molar-refractivity contribution in [3.63, 3.8) is 0 Å². The average molecular weight is 315 g/mol. The molecule has 1 aliphatic heterocycles. The van der Waals surface area contributed by atoms with Gasteiger partial charge in [-0.3, -0.25) is 4.79 Å². The molecular weight excluding hydrogens is 301 g/mol. The molecule has 80 valence electrons. The van der Waals surface area contributed by atoms with Crippen LogP contribution in [0, 0.1) is 9.49 Å². The van der Waals surface area contributed by atoms with Crippen molar-refractivity contribution in [2.24, 2.45) is 5.92 Å². The van der Waals surface area contributed by atoms with Crippen LogP contribution < -0.4 is 0 Å². The Kier molecular flexibility index (Phi) is 3.29. The van der Waals surface area contributed by atoms with Crippen molar-refractivity contribution < 1.29 is 4.79 Å². The number of nitrogens with zero attached hydrogens (tertiary/aromatic N) is 1. The van der Waals surface area contributed by atoms with E-state index in [1.54, 1.807) is 0 Å². The van der Waals surface area contributed by atoms with Gasteiger partial charge in [0.2, 0.25) is 0 Å². The smallest absolute Gasteiger partial charge is 0.254 e.